The second-order valence-corrected chi connectivity index (χ2v) is 3.47. The first-order valence-corrected chi connectivity index (χ1v) is 5.02. The van der Waals surface area contributed by atoms with Gasteiger partial charge in [-0.15, -0.1) is 0 Å². The Morgan fingerprint density at radius 2 is 1.94 bits per heavy atom. The molecule has 1 heterocycles. The topological polar surface area (TPSA) is 55.1 Å². The van der Waals surface area contributed by atoms with Crippen LogP contribution < -0.4 is 5.56 Å². The van der Waals surface area contributed by atoms with E-state index in [2.05, 4.69) is 5.10 Å². The fraction of sp³-hybridized carbons (Fsp3) is 0.167. The molecule has 16 heavy (non-hydrogen) atoms. The van der Waals surface area contributed by atoms with E-state index in [0.29, 0.717) is 0 Å². The zero-order chi connectivity index (χ0) is 11.4. The molecule has 0 amide bonds. The van der Waals surface area contributed by atoms with Crippen LogP contribution in [0.15, 0.2) is 53.5 Å². The van der Waals surface area contributed by atoms with Gasteiger partial charge < -0.3 is 5.11 Å². The molecular formula is C12H12N2O2. The molecule has 0 spiro atoms. The predicted octanol–water partition coefficient (Wildman–Crippen LogP) is 0.977. The number of aromatic nitrogens is 2. The summed E-state index contributed by atoms with van der Waals surface area (Å²) in [5.74, 6) is 0. The number of hydrogen-bond acceptors (Lipinski definition) is 3. The van der Waals surface area contributed by atoms with Gasteiger partial charge in [0.05, 0.1) is 12.6 Å². The van der Waals surface area contributed by atoms with Gasteiger partial charge in [0.2, 0.25) is 0 Å². The van der Waals surface area contributed by atoms with Gasteiger partial charge in [-0.05, 0) is 11.6 Å². The van der Waals surface area contributed by atoms with E-state index in [1.165, 1.54) is 16.9 Å². The highest BCUT2D eigenvalue weighted by atomic mass is 16.3. The van der Waals surface area contributed by atoms with Crippen molar-refractivity contribution >= 4 is 0 Å². The maximum atomic E-state index is 11.4. The summed E-state index contributed by atoms with van der Waals surface area (Å²) in [7, 11) is 0. The molecule has 4 heteroatoms. The fourth-order valence-electron chi connectivity index (χ4n) is 1.47. The van der Waals surface area contributed by atoms with Gasteiger partial charge in [-0.25, -0.2) is 4.68 Å². The third-order valence-electron chi connectivity index (χ3n) is 2.32. The van der Waals surface area contributed by atoms with Crippen LogP contribution in [-0.2, 0) is 6.54 Å². The first-order valence-electron chi connectivity index (χ1n) is 5.02. The molecule has 1 aromatic heterocycles. The van der Waals surface area contributed by atoms with E-state index in [1.54, 1.807) is 6.07 Å². The maximum Gasteiger partial charge on any atom is 0.266 e. The molecule has 1 aromatic carbocycles. The molecule has 0 aliphatic rings. The summed E-state index contributed by atoms with van der Waals surface area (Å²) in [6.07, 6.45) is 0.813. The van der Waals surface area contributed by atoms with E-state index in [1.807, 2.05) is 30.3 Å². The first kappa shape index (κ1) is 10.6. The van der Waals surface area contributed by atoms with E-state index < -0.39 is 6.10 Å². The smallest absolute Gasteiger partial charge is 0.266 e. The lowest BCUT2D eigenvalue weighted by atomic mass is 10.1. The molecule has 1 atom stereocenters. The average Bonchev–Trinajstić information content (AvgIpc) is 2.33. The van der Waals surface area contributed by atoms with Gasteiger partial charge in [0.25, 0.3) is 5.56 Å². The molecule has 2 aromatic rings. The van der Waals surface area contributed by atoms with E-state index in [4.69, 9.17) is 0 Å². The van der Waals surface area contributed by atoms with Gasteiger partial charge in [0, 0.05) is 12.3 Å². The second kappa shape index (κ2) is 4.72. The number of nitrogens with zero attached hydrogens (tertiary/aromatic N) is 2. The SMILES string of the molecule is O=c1cccnn1CC(O)c1ccccc1. The van der Waals surface area contributed by atoms with E-state index in [-0.39, 0.29) is 12.1 Å². The Kier molecular flexibility index (Phi) is 3.12. The number of rotatable bonds is 3. The summed E-state index contributed by atoms with van der Waals surface area (Å²) in [4.78, 5) is 11.4. The minimum Gasteiger partial charge on any atom is -0.386 e. The van der Waals surface area contributed by atoms with Crippen molar-refractivity contribution in [1.29, 1.82) is 0 Å². The minimum atomic E-state index is -0.714. The normalized spacial score (nSPS) is 12.3. The molecule has 0 radical (unpaired) electrons. The second-order valence-electron chi connectivity index (χ2n) is 3.47. The highest BCUT2D eigenvalue weighted by Crippen LogP contribution is 2.12. The first-order chi connectivity index (χ1) is 7.77. The van der Waals surface area contributed by atoms with Crippen LogP contribution in [0.3, 0.4) is 0 Å². The standard InChI is InChI=1S/C12H12N2O2/c15-11(10-5-2-1-3-6-10)9-14-12(16)7-4-8-13-14/h1-8,11,15H,9H2. The van der Waals surface area contributed by atoms with Crippen molar-refractivity contribution in [3.05, 3.63) is 64.6 Å². The van der Waals surface area contributed by atoms with Crippen LogP contribution in [-0.4, -0.2) is 14.9 Å². The molecule has 2 rings (SSSR count). The Morgan fingerprint density at radius 1 is 1.19 bits per heavy atom. The highest BCUT2D eigenvalue weighted by molar-refractivity contribution is 5.17. The molecule has 0 aliphatic carbocycles. The minimum absolute atomic E-state index is 0.170. The Morgan fingerprint density at radius 3 is 2.62 bits per heavy atom. The summed E-state index contributed by atoms with van der Waals surface area (Å²) in [6, 6.07) is 12.2. The average molecular weight is 216 g/mol. The molecule has 0 aliphatic heterocycles. The summed E-state index contributed by atoms with van der Waals surface area (Å²) < 4.78 is 1.25. The zero-order valence-electron chi connectivity index (χ0n) is 8.65. The highest BCUT2D eigenvalue weighted by Gasteiger charge is 2.08. The number of benzene rings is 1. The largest absolute Gasteiger partial charge is 0.386 e. The van der Waals surface area contributed by atoms with Crippen molar-refractivity contribution in [2.45, 2.75) is 12.6 Å². The van der Waals surface area contributed by atoms with E-state index >= 15 is 0 Å². The van der Waals surface area contributed by atoms with Gasteiger partial charge in [-0.2, -0.15) is 5.10 Å². The van der Waals surface area contributed by atoms with Crippen molar-refractivity contribution in [3.63, 3.8) is 0 Å². The summed E-state index contributed by atoms with van der Waals surface area (Å²) >= 11 is 0. The third-order valence-corrected chi connectivity index (χ3v) is 2.32. The Balaban J connectivity index is 2.17. The molecule has 1 unspecified atom stereocenters. The molecule has 1 N–H and O–H groups in total. The number of aliphatic hydroxyl groups is 1. The van der Waals surface area contributed by atoms with E-state index in [0.717, 1.165) is 5.56 Å². The molecule has 0 saturated carbocycles. The van der Waals surface area contributed by atoms with Crippen molar-refractivity contribution in [2.24, 2.45) is 0 Å². The van der Waals surface area contributed by atoms with Crippen LogP contribution >= 0.6 is 0 Å². The van der Waals surface area contributed by atoms with Gasteiger partial charge in [0.1, 0.15) is 0 Å². The monoisotopic (exact) mass is 216 g/mol. The maximum absolute atomic E-state index is 11.4. The van der Waals surface area contributed by atoms with Crippen LogP contribution in [0, 0.1) is 0 Å². The van der Waals surface area contributed by atoms with Crippen molar-refractivity contribution in [2.75, 3.05) is 0 Å². The van der Waals surface area contributed by atoms with Gasteiger partial charge in [0.15, 0.2) is 0 Å². The Labute approximate surface area is 92.8 Å². The lowest BCUT2D eigenvalue weighted by molar-refractivity contribution is 0.149. The zero-order valence-corrected chi connectivity index (χ0v) is 8.65. The van der Waals surface area contributed by atoms with Crippen LogP contribution in [0.2, 0.25) is 0 Å². The lowest BCUT2D eigenvalue weighted by Gasteiger charge is -2.11. The van der Waals surface area contributed by atoms with Gasteiger partial charge >= 0.3 is 0 Å². The number of aliphatic hydroxyl groups excluding tert-OH is 1. The molecule has 0 saturated heterocycles. The molecule has 82 valence electrons. The summed E-state index contributed by atoms with van der Waals surface area (Å²) in [5.41, 5.74) is 0.567. The fourth-order valence-corrected chi connectivity index (χ4v) is 1.47. The number of hydrogen-bond donors (Lipinski definition) is 1. The molecular weight excluding hydrogens is 204 g/mol. The van der Waals surface area contributed by atoms with Crippen LogP contribution in [0.5, 0.6) is 0 Å². The van der Waals surface area contributed by atoms with E-state index in [9.17, 15) is 9.90 Å². The van der Waals surface area contributed by atoms with Crippen LogP contribution in [0.4, 0.5) is 0 Å². The van der Waals surface area contributed by atoms with Crippen molar-refractivity contribution in [1.82, 2.24) is 9.78 Å². The quantitative estimate of drug-likeness (QED) is 0.832. The Hall–Kier alpha value is -1.94. The van der Waals surface area contributed by atoms with Gasteiger partial charge in [-0.3, -0.25) is 4.79 Å². The Bertz CT molecular complexity index is 508. The van der Waals surface area contributed by atoms with Crippen molar-refractivity contribution < 1.29 is 5.11 Å². The van der Waals surface area contributed by atoms with Gasteiger partial charge in [-0.1, -0.05) is 30.3 Å². The molecule has 4 nitrogen and oxygen atoms in total. The predicted molar refractivity (Wildman–Crippen MR) is 59.9 cm³/mol. The lowest BCUT2D eigenvalue weighted by Crippen LogP contribution is -2.24. The third kappa shape index (κ3) is 2.35. The molecule has 0 fully saturated rings. The molecule has 0 bridgehead atoms. The summed E-state index contributed by atoms with van der Waals surface area (Å²) in [6.45, 7) is 0.170. The van der Waals surface area contributed by atoms with Crippen molar-refractivity contribution in [3.8, 4) is 0 Å². The van der Waals surface area contributed by atoms with Crippen LogP contribution in [0.1, 0.15) is 11.7 Å². The van der Waals surface area contributed by atoms with Crippen LogP contribution in [0.25, 0.3) is 0 Å². The summed E-state index contributed by atoms with van der Waals surface area (Å²) in [5, 5.41) is 13.8.